The Hall–Kier alpha value is -2.01. The molecule has 1 heterocycles. The van der Waals surface area contributed by atoms with Gasteiger partial charge in [0.1, 0.15) is 13.2 Å². The third-order valence-corrected chi connectivity index (χ3v) is 2.70. The number of rotatable bonds is 3. The topological polar surface area (TPSA) is 76.0 Å². The molecule has 1 aromatic carbocycles. The van der Waals surface area contributed by atoms with E-state index in [9.17, 15) is 9.90 Å². The molecule has 0 amide bonds. The molecule has 0 saturated heterocycles. The van der Waals surface area contributed by atoms with Crippen LogP contribution >= 0.6 is 0 Å². The van der Waals surface area contributed by atoms with E-state index in [1.54, 1.807) is 12.1 Å². The van der Waals surface area contributed by atoms with Gasteiger partial charge in [-0.2, -0.15) is 0 Å². The van der Waals surface area contributed by atoms with E-state index in [2.05, 4.69) is 0 Å². The number of benzene rings is 1. The highest BCUT2D eigenvalue weighted by molar-refractivity contribution is 5.91. The van der Waals surface area contributed by atoms with Crippen LogP contribution < -0.4 is 9.47 Å². The molecule has 0 saturated carbocycles. The van der Waals surface area contributed by atoms with Crippen LogP contribution in [0.2, 0.25) is 0 Å². The first kappa shape index (κ1) is 12.4. The zero-order valence-corrected chi connectivity index (χ0v) is 9.97. The Morgan fingerprint density at radius 2 is 1.94 bits per heavy atom. The van der Waals surface area contributed by atoms with Crippen molar-refractivity contribution in [1.29, 1.82) is 0 Å². The first-order valence-corrected chi connectivity index (χ1v) is 5.57. The van der Waals surface area contributed by atoms with E-state index >= 15 is 0 Å². The lowest BCUT2D eigenvalue weighted by Crippen LogP contribution is -2.16. The molecule has 0 bridgehead atoms. The van der Waals surface area contributed by atoms with Crippen LogP contribution in [0.3, 0.4) is 0 Å². The van der Waals surface area contributed by atoms with Crippen molar-refractivity contribution in [2.45, 2.75) is 6.92 Å². The number of hydrogen-bond donors (Lipinski definition) is 2. The van der Waals surface area contributed by atoms with Crippen LogP contribution in [0.5, 0.6) is 11.5 Å². The van der Waals surface area contributed by atoms with Gasteiger partial charge >= 0.3 is 5.97 Å². The van der Waals surface area contributed by atoms with Gasteiger partial charge in [0, 0.05) is 6.08 Å². The maximum Gasteiger partial charge on any atom is 0.328 e. The van der Waals surface area contributed by atoms with Gasteiger partial charge in [-0.3, -0.25) is 0 Å². The number of fused-ring (bicyclic) bond motifs is 1. The minimum Gasteiger partial charge on any atom is -0.486 e. The summed E-state index contributed by atoms with van der Waals surface area (Å²) >= 11 is 0. The molecule has 96 valence electrons. The van der Waals surface area contributed by atoms with E-state index in [0.717, 1.165) is 11.6 Å². The van der Waals surface area contributed by atoms with Gasteiger partial charge in [0.25, 0.3) is 0 Å². The molecule has 0 aliphatic carbocycles. The summed E-state index contributed by atoms with van der Waals surface area (Å²) in [6.45, 7) is 2.46. The van der Waals surface area contributed by atoms with Gasteiger partial charge in [-0.25, -0.2) is 4.79 Å². The maximum absolute atomic E-state index is 10.7. The number of aliphatic hydroxyl groups is 1. The SMILES string of the molecule is Cc1cc2c(cc1/C(=C/C(=O)O)CO)OCCO2. The van der Waals surface area contributed by atoms with Crippen molar-refractivity contribution in [2.24, 2.45) is 0 Å². The number of ether oxygens (including phenoxy) is 2. The Balaban J connectivity index is 2.47. The first-order valence-electron chi connectivity index (χ1n) is 5.57. The van der Waals surface area contributed by atoms with E-state index in [0.29, 0.717) is 35.8 Å². The lowest BCUT2D eigenvalue weighted by atomic mass is 9.99. The summed E-state index contributed by atoms with van der Waals surface area (Å²) < 4.78 is 10.9. The van der Waals surface area contributed by atoms with E-state index in [-0.39, 0.29) is 6.61 Å². The summed E-state index contributed by atoms with van der Waals surface area (Å²) in [5.41, 5.74) is 1.84. The molecule has 5 heteroatoms. The van der Waals surface area contributed by atoms with Crippen molar-refractivity contribution in [2.75, 3.05) is 19.8 Å². The first-order chi connectivity index (χ1) is 8.61. The van der Waals surface area contributed by atoms with Crippen LogP contribution in [0, 0.1) is 6.92 Å². The maximum atomic E-state index is 10.7. The molecule has 1 aromatic rings. The third-order valence-electron chi connectivity index (χ3n) is 2.70. The molecule has 0 atom stereocenters. The minimum atomic E-state index is -1.09. The zero-order chi connectivity index (χ0) is 13.1. The predicted molar refractivity (Wildman–Crippen MR) is 64.9 cm³/mol. The van der Waals surface area contributed by atoms with E-state index < -0.39 is 5.97 Å². The standard InChI is InChI=1S/C13H14O5/c1-8-4-11-12(18-3-2-17-11)6-10(8)9(7-14)5-13(15)16/h4-6,14H,2-3,7H2,1H3,(H,15,16)/b9-5+. The summed E-state index contributed by atoms with van der Waals surface area (Å²) in [6, 6.07) is 3.49. The third kappa shape index (κ3) is 2.46. The largest absolute Gasteiger partial charge is 0.486 e. The number of carbonyl (C=O) groups is 1. The van der Waals surface area contributed by atoms with E-state index in [1.165, 1.54) is 0 Å². The molecule has 1 aliphatic rings. The minimum absolute atomic E-state index is 0.340. The highest BCUT2D eigenvalue weighted by Crippen LogP contribution is 2.35. The number of carboxylic acids is 1. The van der Waals surface area contributed by atoms with Crippen LogP contribution in [-0.4, -0.2) is 36.0 Å². The van der Waals surface area contributed by atoms with Crippen molar-refractivity contribution >= 4 is 11.5 Å². The summed E-state index contributed by atoms with van der Waals surface area (Å²) in [4.78, 5) is 10.7. The Kier molecular flexibility index (Phi) is 3.53. The summed E-state index contributed by atoms with van der Waals surface area (Å²) in [5, 5.41) is 18.0. The second-order valence-corrected chi connectivity index (χ2v) is 3.98. The molecule has 1 aliphatic heterocycles. The van der Waals surface area contributed by atoms with Crippen molar-refractivity contribution in [3.63, 3.8) is 0 Å². The lowest BCUT2D eigenvalue weighted by molar-refractivity contribution is -0.131. The van der Waals surface area contributed by atoms with Crippen molar-refractivity contribution in [3.05, 3.63) is 29.3 Å². The van der Waals surface area contributed by atoms with E-state index in [4.69, 9.17) is 14.6 Å². The lowest BCUT2D eigenvalue weighted by Gasteiger charge is -2.20. The highest BCUT2D eigenvalue weighted by Gasteiger charge is 2.16. The van der Waals surface area contributed by atoms with Crippen LogP contribution in [0.25, 0.3) is 5.57 Å². The van der Waals surface area contributed by atoms with E-state index in [1.807, 2.05) is 6.92 Å². The molecular formula is C13H14O5. The normalized spacial score (nSPS) is 14.4. The number of hydrogen-bond acceptors (Lipinski definition) is 4. The van der Waals surface area contributed by atoms with Crippen molar-refractivity contribution in [3.8, 4) is 11.5 Å². The van der Waals surface area contributed by atoms with Crippen LogP contribution in [0.4, 0.5) is 0 Å². The quantitative estimate of drug-likeness (QED) is 0.789. The van der Waals surface area contributed by atoms with Crippen LogP contribution in [0.15, 0.2) is 18.2 Å². The van der Waals surface area contributed by atoms with Gasteiger partial charge in [0.05, 0.1) is 6.61 Å². The Morgan fingerprint density at radius 3 is 2.50 bits per heavy atom. The number of aliphatic carboxylic acids is 1. The fraction of sp³-hybridized carbons (Fsp3) is 0.308. The molecule has 2 rings (SSSR count). The fourth-order valence-electron chi connectivity index (χ4n) is 1.89. The molecule has 0 unspecified atom stereocenters. The number of aryl methyl sites for hydroxylation is 1. The summed E-state index contributed by atoms with van der Waals surface area (Å²) in [7, 11) is 0. The monoisotopic (exact) mass is 250 g/mol. The number of carboxylic acid groups (broad SMARTS) is 1. The van der Waals surface area contributed by atoms with Gasteiger partial charge in [0.15, 0.2) is 11.5 Å². The predicted octanol–water partition coefficient (Wildman–Crippen LogP) is 1.23. The van der Waals surface area contributed by atoms with Crippen molar-refractivity contribution in [1.82, 2.24) is 0 Å². The van der Waals surface area contributed by atoms with Crippen molar-refractivity contribution < 1.29 is 24.5 Å². The molecule has 0 fully saturated rings. The molecular weight excluding hydrogens is 236 g/mol. The smallest absolute Gasteiger partial charge is 0.328 e. The summed E-state index contributed by atoms with van der Waals surface area (Å²) in [5.74, 6) is 0.134. The Morgan fingerprint density at radius 1 is 1.33 bits per heavy atom. The molecule has 18 heavy (non-hydrogen) atoms. The molecule has 5 nitrogen and oxygen atoms in total. The van der Waals surface area contributed by atoms with Gasteiger partial charge in [0.2, 0.25) is 0 Å². The Bertz CT molecular complexity index is 504. The molecule has 0 spiro atoms. The zero-order valence-electron chi connectivity index (χ0n) is 9.97. The second-order valence-electron chi connectivity index (χ2n) is 3.98. The molecule has 0 radical (unpaired) electrons. The summed E-state index contributed by atoms with van der Waals surface area (Å²) in [6.07, 6.45) is 0.998. The van der Waals surface area contributed by atoms with Gasteiger partial charge in [-0.15, -0.1) is 0 Å². The van der Waals surface area contributed by atoms with Crippen LogP contribution in [0.1, 0.15) is 11.1 Å². The van der Waals surface area contributed by atoms with Gasteiger partial charge < -0.3 is 19.7 Å². The number of aliphatic hydroxyl groups excluding tert-OH is 1. The fourth-order valence-corrected chi connectivity index (χ4v) is 1.89. The molecule has 0 aromatic heterocycles. The Labute approximate surface area is 104 Å². The second kappa shape index (κ2) is 5.10. The average Bonchev–Trinajstić information content (AvgIpc) is 2.35. The average molecular weight is 250 g/mol. The molecule has 2 N–H and O–H groups in total. The van der Waals surface area contributed by atoms with Gasteiger partial charge in [-0.05, 0) is 35.8 Å². The van der Waals surface area contributed by atoms with Crippen LogP contribution in [-0.2, 0) is 4.79 Å². The highest BCUT2D eigenvalue weighted by atomic mass is 16.6. The van der Waals surface area contributed by atoms with Gasteiger partial charge in [-0.1, -0.05) is 0 Å².